The SMILES string of the molecule is O=C1CN(c2ccc(CNC(=O)C(c3ccccc3)N3CCCCC3=O)cc2)CCN1. The van der Waals surface area contributed by atoms with Crippen LogP contribution in [0.15, 0.2) is 54.6 Å². The topological polar surface area (TPSA) is 81.8 Å². The monoisotopic (exact) mass is 420 g/mol. The predicted molar refractivity (Wildman–Crippen MR) is 118 cm³/mol. The lowest BCUT2D eigenvalue weighted by molar-refractivity contribution is -0.142. The van der Waals surface area contributed by atoms with Crippen LogP contribution in [0.2, 0.25) is 0 Å². The molecule has 2 aliphatic rings. The van der Waals surface area contributed by atoms with Gasteiger partial charge in [0.05, 0.1) is 6.54 Å². The number of rotatable bonds is 6. The highest BCUT2D eigenvalue weighted by atomic mass is 16.2. The molecule has 162 valence electrons. The van der Waals surface area contributed by atoms with Gasteiger partial charge in [-0.25, -0.2) is 0 Å². The van der Waals surface area contributed by atoms with E-state index in [1.807, 2.05) is 59.5 Å². The minimum absolute atomic E-state index is 0.0294. The van der Waals surface area contributed by atoms with E-state index in [-0.39, 0.29) is 17.7 Å². The Bertz CT molecular complexity index is 930. The Hall–Kier alpha value is -3.35. The third kappa shape index (κ3) is 5.05. The van der Waals surface area contributed by atoms with Crippen LogP contribution in [0, 0.1) is 0 Å². The van der Waals surface area contributed by atoms with Gasteiger partial charge in [-0.15, -0.1) is 0 Å². The average Bonchev–Trinajstić information content (AvgIpc) is 2.80. The lowest BCUT2D eigenvalue weighted by Gasteiger charge is -2.34. The van der Waals surface area contributed by atoms with Crippen molar-refractivity contribution in [3.63, 3.8) is 0 Å². The summed E-state index contributed by atoms with van der Waals surface area (Å²) in [7, 11) is 0. The Labute approximate surface area is 182 Å². The molecule has 0 spiro atoms. The maximum atomic E-state index is 13.2. The first-order valence-electron chi connectivity index (χ1n) is 10.8. The molecule has 2 aromatic carbocycles. The molecule has 2 heterocycles. The molecular formula is C24H28N4O3. The summed E-state index contributed by atoms with van der Waals surface area (Å²) in [6.07, 6.45) is 2.29. The van der Waals surface area contributed by atoms with Gasteiger partial charge in [0.15, 0.2) is 0 Å². The van der Waals surface area contributed by atoms with Crippen molar-refractivity contribution in [3.05, 3.63) is 65.7 Å². The highest BCUT2D eigenvalue weighted by molar-refractivity contribution is 5.89. The van der Waals surface area contributed by atoms with Gasteiger partial charge in [-0.2, -0.15) is 0 Å². The van der Waals surface area contributed by atoms with Crippen molar-refractivity contribution in [3.8, 4) is 0 Å². The highest BCUT2D eigenvalue weighted by Crippen LogP contribution is 2.26. The standard InChI is InChI=1S/C24H28N4O3/c29-21-17-27(15-13-25-21)20-11-9-18(10-12-20)16-26-24(31)23(19-6-2-1-3-7-19)28-14-5-4-8-22(28)30/h1-3,6-7,9-12,23H,4-5,8,13-17H2,(H,25,29)(H,26,31). The molecule has 0 radical (unpaired) electrons. The lowest BCUT2D eigenvalue weighted by Crippen LogP contribution is -2.47. The second-order valence-electron chi connectivity index (χ2n) is 8.01. The number of likely N-dealkylation sites (tertiary alicyclic amines) is 1. The van der Waals surface area contributed by atoms with Gasteiger partial charge in [-0.1, -0.05) is 42.5 Å². The summed E-state index contributed by atoms with van der Waals surface area (Å²) in [5.74, 6) is -0.106. The first-order valence-corrected chi connectivity index (χ1v) is 10.8. The van der Waals surface area contributed by atoms with Gasteiger partial charge in [-0.05, 0) is 36.1 Å². The van der Waals surface area contributed by atoms with E-state index in [2.05, 4.69) is 10.6 Å². The summed E-state index contributed by atoms with van der Waals surface area (Å²) in [6, 6.07) is 16.8. The fourth-order valence-corrected chi connectivity index (χ4v) is 4.18. The number of carbonyl (C=O) groups excluding carboxylic acids is 3. The number of anilines is 1. The fraction of sp³-hybridized carbons (Fsp3) is 0.375. The Kier molecular flexibility index (Phi) is 6.50. The van der Waals surface area contributed by atoms with Gasteiger partial charge >= 0.3 is 0 Å². The zero-order valence-corrected chi connectivity index (χ0v) is 17.5. The van der Waals surface area contributed by atoms with Crippen molar-refractivity contribution in [2.75, 3.05) is 31.1 Å². The number of nitrogens with one attached hydrogen (secondary N) is 2. The molecule has 1 atom stereocenters. The summed E-state index contributed by atoms with van der Waals surface area (Å²) >= 11 is 0. The quantitative estimate of drug-likeness (QED) is 0.749. The van der Waals surface area contributed by atoms with E-state index >= 15 is 0 Å². The number of piperidine rings is 1. The van der Waals surface area contributed by atoms with Crippen molar-refractivity contribution < 1.29 is 14.4 Å². The predicted octanol–water partition coefficient (Wildman–Crippen LogP) is 1.99. The van der Waals surface area contributed by atoms with Crippen LogP contribution in [0.3, 0.4) is 0 Å². The third-order valence-corrected chi connectivity index (χ3v) is 5.84. The van der Waals surface area contributed by atoms with Gasteiger partial charge in [-0.3, -0.25) is 14.4 Å². The molecule has 2 aromatic rings. The zero-order valence-electron chi connectivity index (χ0n) is 17.5. The first-order chi connectivity index (χ1) is 15.1. The average molecular weight is 421 g/mol. The second-order valence-corrected chi connectivity index (χ2v) is 8.01. The van der Waals surface area contributed by atoms with Crippen molar-refractivity contribution >= 4 is 23.4 Å². The number of hydrogen-bond donors (Lipinski definition) is 2. The van der Waals surface area contributed by atoms with Gasteiger partial charge in [0.2, 0.25) is 17.7 Å². The summed E-state index contributed by atoms with van der Waals surface area (Å²) in [4.78, 5) is 41.0. The van der Waals surface area contributed by atoms with Crippen LogP contribution in [0.4, 0.5) is 5.69 Å². The molecule has 2 fully saturated rings. The molecule has 4 rings (SSSR count). The molecule has 2 N–H and O–H groups in total. The second kappa shape index (κ2) is 9.64. The van der Waals surface area contributed by atoms with Gasteiger partial charge < -0.3 is 20.4 Å². The van der Waals surface area contributed by atoms with Crippen LogP contribution in [0.1, 0.15) is 36.4 Å². The molecule has 31 heavy (non-hydrogen) atoms. The number of hydrogen-bond acceptors (Lipinski definition) is 4. The van der Waals surface area contributed by atoms with E-state index < -0.39 is 6.04 Å². The normalized spacial score (nSPS) is 17.8. The molecule has 0 bridgehead atoms. The number of benzene rings is 2. The Morgan fingerprint density at radius 2 is 1.77 bits per heavy atom. The summed E-state index contributed by atoms with van der Waals surface area (Å²) in [5.41, 5.74) is 2.79. The minimum atomic E-state index is -0.611. The highest BCUT2D eigenvalue weighted by Gasteiger charge is 2.32. The van der Waals surface area contributed by atoms with Gasteiger partial charge in [0.25, 0.3) is 0 Å². The Balaban J connectivity index is 1.43. The summed E-state index contributed by atoms with van der Waals surface area (Å²) in [6.45, 7) is 2.77. The maximum absolute atomic E-state index is 13.2. The van der Waals surface area contributed by atoms with E-state index in [0.29, 0.717) is 32.6 Å². The van der Waals surface area contributed by atoms with Gasteiger partial charge in [0, 0.05) is 38.3 Å². The molecule has 2 aliphatic heterocycles. The summed E-state index contributed by atoms with van der Waals surface area (Å²) < 4.78 is 0. The van der Waals surface area contributed by atoms with E-state index in [4.69, 9.17) is 0 Å². The molecule has 0 aliphatic carbocycles. The maximum Gasteiger partial charge on any atom is 0.247 e. The zero-order chi connectivity index (χ0) is 21.6. The number of carbonyl (C=O) groups is 3. The third-order valence-electron chi connectivity index (χ3n) is 5.84. The number of nitrogens with zero attached hydrogens (tertiary/aromatic N) is 2. The molecule has 0 aromatic heterocycles. The number of amides is 3. The molecule has 3 amide bonds. The van der Waals surface area contributed by atoms with E-state index in [1.165, 1.54) is 0 Å². The van der Waals surface area contributed by atoms with E-state index in [0.717, 1.165) is 36.2 Å². The van der Waals surface area contributed by atoms with Crippen LogP contribution in [-0.2, 0) is 20.9 Å². The van der Waals surface area contributed by atoms with Crippen molar-refractivity contribution in [1.82, 2.24) is 15.5 Å². The van der Waals surface area contributed by atoms with Crippen LogP contribution in [0.5, 0.6) is 0 Å². The lowest BCUT2D eigenvalue weighted by atomic mass is 10.0. The molecule has 1 unspecified atom stereocenters. The first kappa shape index (κ1) is 20.9. The Morgan fingerprint density at radius 1 is 1.00 bits per heavy atom. The molecular weight excluding hydrogens is 392 g/mol. The smallest absolute Gasteiger partial charge is 0.247 e. The van der Waals surface area contributed by atoms with Crippen LogP contribution in [-0.4, -0.2) is 48.8 Å². The van der Waals surface area contributed by atoms with Crippen molar-refractivity contribution in [2.24, 2.45) is 0 Å². The van der Waals surface area contributed by atoms with E-state index in [9.17, 15) is 14.4 Å². The van der Waals surface area contributed by atoms with E-state index in [1.54, 1.807) is 4.90 Å². The molecule has 2 saturated heterocycles. The van der Waals surface area contributed by atoms with Crippen LogP contribution in [0.25, 0.3) is 0 Å². The van der Waals surface area contributed by atoms with Gasteiger partial charge in [0.1, 0.15) is 6.04 Å². The van der Waals surface area contributed by atoms with Crippen LogP contribution >= 0.6 is 0 Å². The Morgan fingerprint density at radius 3 is 2.48 bits per heavy atom. The van der Waals surface area contributed by atoms with Crippen molar-refractivity contribution in [1.29, 1.82) is 0 Å². The largest absolute Gasteiger partial charge is 0.360 e. The van der Waals surface area contributed by atoms with Crippen molar-refractivity contribution in [2.45, 2.75) is 31.8 Å². The minimum Gasteiger partial charge on any atom is -0.360 e. The molecule has 7 nitrogen and oxygen atoms in total. The summed E-state index contributed by atoms with van der Waals surface area (Å²) in [5, 5.41) is 5.83. The molecule has 7 heteroatoms. The van der Waals surface area contributed by atoms with Crippen LogP contribution < -0.4 is 15.5 Å². The number of piperazine rings is 1. The fourth-order valence-electron chi connectivity index (χ4n) is 4.18. The molecule has 0 saturated carbocycles.